The van der Waals surface area contributed by atoms with Crippen molar-refractivity contribution in [1.29, 1.82) is 0 Å². The minimum atomic E-state index is -0.0779. The number of hydrogen-bond donors (Lipinski definition) is 0. The van der Waals surface area contributed by atoms with Gasteiger partial charge in [-0.2, -0.15) is 0 Å². The van der Waals surface area contributed by atoms with Crippen LogP contribution in [-0.2, 0) is 13.0 Å². The maximum atomic E-state index is 13.4. The normalized spacial score (nSPS) is 13.0. The van der Waals surface area contributed by atoms with E-state index in [0.29, 0.717) is 47.9 Å². The monoisotopic (exact) mass is 442 g/mol. The number of hydrogen-bond acceptors (Lipinski definition) is 5. The second-order valence-corrected chi connectivity index (χ2v) is 8.22. The number of aryl methyl sites for hydroxylation is 2. The summed E-state index contributed by atoms with van der Waals surface area (Å²) in [7, 11) is 0. The molecule has 0 spiro atoms. The third-order valence-electron chi connectivity index (χ3n) is 6.04. The second kappa shape index (κ2) is 9.02. The van der Waals surface area contributed by atoms with E-state index < -0.39 is 0 Å². The summed E-state index contributed by atoms with van der Waals surface area (Å²) in [5.41, 5.74) is 4.95. The quantitative estimate of drug-likeness (QED) is 0.375. The molecular formula is C28H26O5. The zero-order valence-corrected chi connectivity index (χ0v) is 18.9. The van der Waals surface area contributed by atoms with Crippen molar-refractivity contribution >= 4 is 11.0 Å². The summed E-state index contributed by atoms with van der Waals surface area (Å²) in [6, 6.07) is 17.4. The first kappa shape index (κ1) is 21.1. The van der Waals surface area contributed by atoms with Crippen LogP contribution in [0.15, 0.2) is 70.1 Å². The van der Waals surface area contributed by atoms with E-state index >= 15 is 0 Å². The predicted octanol–water partition coefficient (Wildman–Crippen LogP) is 6.07. The Morgan fingerprint density at radius 2 is 1.76 bits per heavy atom. The van der Waals surface area contributed by atoms with Crippen molar-refractivity contribution in [1.82, 2.24) is 0 Å². The fourth-order valence-corrected chi connectivity index (χ4v) is 4.07. The van der Waals surface area contributed by atoms with Crippen LogP contribution in [0.25, 0.3) is 22.1 Å². The Morgan fingerprint density at radius 3 is 2.58 bits per heavy atom. The number of benzene rings is 3. The van der Waals surface area contributed by atoms with Crippen LogP contribution >= 0.6 is 0 Å². The molecule has 0 unspecified atom stereocenters. The fourth-order valence-electron chi connectivity index (χ4n) is 4.07. The van der Waals surface area contributed by atoms with Crippen LogP contribution in [0.3, 0.4) is 0 Å². The van der Waals surface area contributed by atoms with E-state index in [9.17, 15) is 4.79 Å². The lowest BCUT2D eigenvalue weighted by molar-refractivity contribution is 0.297. The van der Waals surface area contributed by atoms with Gasteiger partial charge in [0.25, 0.3) is 0 Å². The molecule has 0 bridgehead atoms. The van der Waals surface area contributed by atoms with Crippen LogP contribution in [0.2, 0.25) is 0 Å². The van der Waals surface area contributed by atoms with Gasteiger partial charge in [-0.15, -0.1) is 0 Å². The zero-order valence-electron chi connectivity index (χ0n) is 18.9. The second-order valence-electron chi connectivity index (χ2n) is 8.22. The maximum Gasteiger partial charge on any atom is 0.200 e. The van der Waals surface area contributed by atoms with Crippen molar-refractivity contribution in [2.45, 2.75) is 33.3 Å². The van der Waals surface area contributed by atoms with Crippen molar-refractivity contribution in [2.24, 2.45) is 0 Å². The molecular weight excluding hydrogens is 416 g/mol. The largest absolute Gasteiger partial charge is 0.490 e. The Bertz CT molecular complexity index is 1370. The minimum absolute atomic E-state index is 0.0779. The van der Waals surface area contributed by atoms with Crippen molar-refractivity contribution in [3.8, 4) is 28.4 Å². The Kier molecular flexibility index (Phi) is 5.78. The Labute approximate surface area is 192 Å². The molecule has 1 aromatic heterocycles. The van der Waals surface area contributed by atoms with Gasteiger partial charge < -0.3 is 18.6 Å². The summed E-state index contributed by atoms with van der Waals surface area (Å²) < 4.78 is 23.5. The van der Waals surface area contributed by atoms with Gasteiger partial charge in [0, 0.05) is 12.5 Å². The first-order valence-corrected chi connectivity index (χ1v) is 11.3. The van der Waals surface area contributed by atoms with Crippen molar-refractivity contribution < 1.29 is 18.6 Å². The molecule has 0 aliphatic carbocycles. The molecule has 5 nitrogen and oxygen atoms in total. The molecule has 2 heterocycles. The molecule has 33 heavy (non-hydrogen) atoms. The van der Waals surface area contributed by atoms with Crippen LogP contribution in [0.4, 0.5) is 0 Å². The van der Waals surface area contributed by atoms with Gasteiger partial charge in [0.15, 0.2) is 11.5 Å². The predicted molar refractivity (Wildman–Crippen MR) is 128 cm³/mol. The van der Waals surface area contributed by atoms with E-state index in [-0.39, 0.29) is 5.43 Å². The van der Waals surface area contributed by atoms with Gasteiger partial charge in [-0.05, 0) is 53.8 Å². The summed E-state index contributed by atoms with van der Waals surface area (Å²) in [6.07, 6.45) is 3.09. The lowest BCUT2D eigenvalue weighted by Gasteiger charge is -2.13. The van der Waals surface area contributed by atoms with Crippen LogP contribution < -0.4 is 19.6 Å². The van der Waals surface area contributed by atoms with Crippen molar-refractivity contribution in [2.75, 3.05) is 13.2 Å². The number of rotatable bonds is 5. The summed E-state index contributed by atoms with van der Waals surface area (Å²) in [6.45, 7) is 5.80. The molecule has 0 fully saturated rings. The Morgan fingerprint density at radius 1 is 0.939 bits per heavy atom. The molecule has 4 aromatic rings. The first-order valence-electron chi connectivity index (χ1n) is 11.3. The molecule has 1 aliphatic rings. The molecule has 0 saturated carbocycles. The Balaban J connectivity index is 1.51. The SMILES string of the molecule is CCc1cc2c(=O)c(-c3ccc4c(c3)OCCCO4)coc2cc1OCc1ccccc1C. The highest BCUT2D eigenvalue weighted by atomic mass is 16.5. The molecule has 5 rings (SSSR count). The first-order chi connectivity index (χ1) is 16.1. The molecule has 0 saturated heterocycles. The van der Waals surface area contributed by atoms with Crippen molar-refractivity contribution in [3.05, 3.63) is 87.8 Å². The molecule has 0 amide bonds. The van der Waals surface area contributed by atoms with Gasteiger partial charge in [-0.1, -0.05) is 37.3 Å². The lowest BCUT2D eigenvalue weighted by Crippen LogP contribution is -2.07. The highest BCUT2D eigenvalue weighted by Gasteiger charge is 2.16. The van der Waals surface area contributed by atoms with Crippen molar-refractivity contribution in [3.63, 3.8) is 0 Å². The summed E-state index contributed by atoms with van der Waals surface area (Å²) in [5.74, 6) is 2.09. The Hall–Kier alpha value is -3.73. The molecule has 0 radical (unpaired) electrons. The van der Waals surface area contributed by atoms with Gasteiger partial charge >= 0.3 is 0 Å². The zero-order chi connectivity index (χ0) is 22.8. The molecule has 0 N–H and O–H groups in total. The van der Waals surface area contributed by atoms with E-state index in [1.54, 1.807) is 0 Å². The average molecular weight is 443 g/mol. The van der Waals surface area contributed by atoms with Gasteiger partial charge in [-0.3, -0.25) is 4.79 Å². The van der Waals surface area contributed by atoms with Gasteiger partial charge in [-0.25, -0.2) is 0 Å². The molecule has 3 aromatic carbocycles. The smallest absolute Gasteiger partial charge is 0.200 e. The summed E-state index contributed by atoms with van der Waals surface area (Å²) in [5, 5.41) is 0.541. The fraction of sp³-hybridized carbons (Fsp3) is 0.250. The molecule has 168 valence electrons. The van der Waals surface area contributed by atoms with E-state index in [0.717, 1.165) is 35.3 Å². The van der Waals surface area contributed by atoms with E-state index in [1.807, 2.05) is 42.5 Å². The highest BCUT2D eigenvalue weighted by molar-refractivity contribution is 5.84. The topological polar surface area (TPSA) is 57.9 Å². The average Bonchev–Trinajstić information content (AvgIpc) is 3.08. The third kappa shape index (κ3) is 4.19. The van der Waals surface area contributed by atoms with Gasteiger partial charge in [0.1, 0.15) is 24.2 Å². The summed E-state index contributed by atoms with van der Waals surface area (Å²) >= 11 is 0. The lowest BCUT2D eigenvalue weighted by atomic mass is 10.0. The molecule has 5 heteroatoms. The van der Waals surface area contributed by atoms with E-state index in [2.05, 4.69) is 26.0 Å². The van der Waals surface area contributed by atoms with Gasteiger partial charge in [0.05, 0.1) is 24.2 Å². The van der Waals surface area contributed by atoms with Crippen LogP contribution in [-0.4, -0.2) is 13.2 Å². The van der Waals surface area contributed by atoms with E-state index in [1.165, 1.54) is 11.8 Å². The molecule has 1 aliphatic heterocycles. The minimum Gasteiger partial charge on any atom is -0.490 e. The number of fused-ring (bicyclic) bond motifs is 2. The van der Waals surface area contributed by atoms with Gasteiger partial charge in [0.2, 0.25) is 5.43 Å². The van der Waals surface area contributed by atoms with E-state index in [4.69, 9.17) is 18.6 Å². The van der Waals surface area contributed by atoms with Crippen LogP contribution in [0, 0.1) is 6.92 Å². The molecule has 0 atom stereocenters. The van der Waals surface area contributed by atoms with Crippen LogP contribution in [0.5, 0.6) is 17.2 Å². The summed E-state index contributed by atoms with van der Waals surface area (Å²) in [4.78, 5) is 13.4. The van der Waals surface area contributed by atoms with Crippen LogP contribution in [0.1, 0.15) is 30.0 Å². The standard InChI is InChI=1S/C28H26O5/c1-3-19-13-22-26(15-25(19)32-16-21-8-5-4-7-18(21)2)33-17-23(28(22)29)20-9-10-24-27(14-20)31-12-6-11-30-24/h4-5,7-10,13-15,17H,3,6,11-12,16H2,1-2H3. The number of ether oxygens (including phenoxy) is 3. The highest BCUT2D eigenvalue weighted by Crippen LogP contribution is 2.34. The maximum absolute atomic E-state index is 13.4. The third-order valence-corrected chi connectivity index (χ3v) is 6.04.